The van der Waals surface area contributed by atoms with Gasteiger partial charge in [-0.3, -0.25) is 4.79 Å². The molecule has 0 saturated heterocycles. The predicted molar refractivity (Wildman–Crippen MR) is 90.6 cm³/mol. The number of nitrogens with one attached hydrogen (secondary N) is 1. The molecule has 1 aromatic carbocycles. The third kappa shape index (κ3) is 4.68. The maximum Gasteiger partial charge on any atom is 0.237 e. The zero-order chi connectivity index (χ0) is 15.2. The van der Waals surface area contributed by atoms with Gasteiger partial charge in [0.2, 0.25) is 5.91 Å². The van der Waals surface area contributed by atoms with Crippen LogP contribution in [0.5, 0.6) is 0 Å². The number of benzene rings is 1. The number of nitrogens with zero attached hydrogens (tertiary/aromatic N) is 1. The van der Waals surface area contributed by atoms with E-state index < -0.39 is 0 Å². The van der Waals surface area contributed by atoms with Gasteiger partial charge in [0, 0.05) is 11.4 Å². The summed E-state index contributed by atoms with van der Waals surface area (Å²) in [6, 6.07) is 14.3. The van der Waals surface area contributed by atoms with Gasteiger partial charge in [0.05, 0.1) is 13.1 Å². The normalized spacial score (nSPS) is 14.0. The lowest BCUT2D eigenvalue weighted by atomic mass is 10.2. The molecule has 1 saturated carbocycles. The summed E-state index contributed by atoms with van der Waals surface area (Å²) in [5, 5.41) is 5.37. The first-order valence-electron chi connectivity index (χ1n) is 7.86. The van der Waals surface area contributed by atoms with Gasteiger partial charge in [-0.15, -0.1) is 11.3 Å². The van der Waals surface area contributed by atoms with Crippen molar-refractivity contribution in [2.24, 2.45) is 5.92 Å². The summed E-state index contributed by atoms with van der Waals surface area (Å²) >= 11 is 1.70. The molecular formula is C18H22N2OS. The average molecular weight is 314 g/mol. The summed E-state index contributed by atoms with van der Waals surface area (Å²) in [5.74, 6) is 0.977. The Labute approximate surface area is 136 Å². The van der Waals surface area contributed by atoms with E-state index in [1.54, 1.807) is 11.3 Å². The lowest BCUT2D eigenvalue weighted by molar-refractivity contribution is -0.131. The zero-order valence-corrected chi connectivity index (χ0v) is 13.5. The van der Waals surface area contributed by atoms with Gasteiger partial charge in [-0.05, 0) is 42.3 Å². The minimum absolute atomic E-state index is 0.179. The van der Waals surface area contributed by atoms with E-state index in [9.17, 15) is 4.79 Å². The molecule has 1 aliphatic carbocycles. The summed E-state index contributed by atoms with van der Waals surface area (Å²) in [5.41, 5.74) is 1.18. The molecule has 116 valence electrons. The average Bonchev–Trinajstić information content (AvgIpc) is 3.22. The van der Waals surface area contributed by atoms with Crippen LogP contribution in [-0.2, 0) is 17.9 Å². The Bertz CT molecular complexity index is 578. The topological polar surface area (TPSA) is 32.3 Å². The molecule has 0 aliphatic heterocycles. The summed E-state index contributed by atoms with van der Waals surface area (Å²) in [7, 11) is 0. The van der Waals surface area contributed by atoms with Crippen LogP contribution in [0.1, 0.15) is 23.3 Å². The molecule has 1 N–H and O–H groups in total. The van der Waals surface area contributed by atoms with Gasteiger partial charge >= 0.3 is 0 Å². The Balaban J connectivity index is 1.60. The van der Waals surface area contributed by atoms with Crippen molar-refractivity contribution in [1.82, 2.24) is 10.2 Å². The molecule has 22 heavy (non-hydrogen) atoms. The highest BCUT2D eigenvalue weighted by Crippen LogP contribution is 2.27. The lowest BCUT2D eigenvalue weighted by Gasteiger charge is -2.22. The number of hydrogen-bond acceptors (Lipinski definition) is 3. The Morgan fingerprint density at radius 1 is 1.14 bits per heavy atom. The molecule has 1 aromatic heterocycles. The zero-order valence-electron chi connectivity index (χ0n) is 12.7. The van der Waals surface area contributed by atoms with Gasteiger partial charge in [-0.2, -0.15) is 0 Å². The molecule has 3 rings (SSSR count). The van der Waals surface area contributed by atoms with E-state index >= 15 is 0 Å². The molecule has 1 amide bonds. The van der Waals surface area contributed by atoms with Crippen molar-refractivity contribution in [3.63, 3.8) is 0 Å². The van der Waals surface area contributed by atoms with Crippen LogP contribution in [0.2, 0.25) is 0 Å². The van der Waals surface area contributed by atoms with Crippen molar-refractivity contribution in [2.75, 3.05) is 13.1 Å². The fourth-order valence-corrected chi connectivity index (χ4v) is 3.16. The van der Waals surface area contributed by atoms with Crippen molar-refractivity contribution in [1.29, 1.82) is 0 Å². The van der Waals surface area contributed by atoms with Crippen LogP contribution in [0.15, 0.2) is 47.8 Å². The smallest absolute Gasteiger partial charge is 0.237 e. The Morgan fingerprint density at radius 2 is 1.95 bits per heavy atom. The van der Waals surface area contributed by atoms with Crippen LogP contribution in [0.25, 0.3) is 0 Å². The van der Waals surface area contributed by atoms with Crippen molar-refractivity contribution in [3.8, 4) is 0 Å². The SMILES string of the molecule is O=C(CNCC1CC1)N(Cc1ccccc1)Cc1cccs1. The molecule has 0 bridgehead atoms. The van der Waals surface area contributed by atoms with E-state index in [0.717, 1.165) is 12.5 Å². The van der Waals surface area contributed by atoms with Crippen molar-refractivity contribution in [3.05, 3.63) is 58.3 Å². The highest BCUT2D eigenvalue weighted by molar-refractivity contribution is 7.09. The first-order chi connectivity index (χ1) is 10.8. The van der Waals surface area contributed by atoms with Crippen molar-refractivity contribution in [2.45, 2.75) is 25.9 Å². The molecular weight excluding hydrogens is 292 g/mol. The van der Waals surface area contributed by atoms with E-state index in [1.165, 1.54) is 23.3 Å². The number of thiophene rings is 1. The lowest BCUT2D eigenvalue weighted by Crippen LogP contribution is -2.37. The van der Waals surface area contributed by atoms with E-state index in [1.807, 2.05) is 29.2 Å². The number of carbonyl (C=O) groups excluding carboxylic acids is 1. The molecule has 4 heteroatoms. The monoisotopic (exact) mass is 314 g/mol. The Kier molecular flexibility index (Phi) is 5.24. The highest BCUT2D eigenvalue weighted by Gasteiger charge is 2.21. The van der Waals surface area contributed by atoms with Gasteiger partial charge in [-0.1, -0.05) is 36.4 Å². The van der Waals surface area contributed by atoms with E-state index in [0.29, 0.717) is 19.6 Å². The van der Waals surface area contributed by atoms with E-state index in [-0.39, 0.29) is 5.91 Å². The van der Waals surface area contributed by atoms with Crippen LogP contribution >= 0.6 is 11.3 Å². The molecule has 1 fully saturated rings. The molecule has 1 heterocycles. The highest BCUT2D eigenvalue weighted by atomic mass is 32.1. The van der Waals surface area contributed by atoms with Gasteiger partial charge in [0.15, 0.2) is 0 Å². The Hall–Kier alpha value is -1.65. The summed E-state index contributed by atoms with van der Waals surface area (Å²) < 4.78 is 0. The summed E-state index contributed by atoms with van der Waals surface area (Å²) in [4.78, 5) is 15.7. The second kappa shape index (κ2) is 7.56. The minimum Gasteiger partial charge on any atom is -0.332 e. The van der Waals surface area contributed by atoms with Crippen molar-refractivity contribution >= 4 is 17.2 Å². The second-order valence-corrected chi connectivity index (χ2v) is 6.92. The molecule has 0 atom stereocenters. The van der Waals surface area contributed by atoms with Crippen LogP contribution in [-0.4, -0.2) is 23.9 Å². The number of hydrogen-bond donors (Lipinski definition) is 1. The minimum atomic E-state index is 0.179. The standard InChI is InChI=1S/C18H22N2OS/c21-18(12-19-11-15-8-9-15)20(14-17-7-4-10-22-17)13-16-5-2-1-3-6-16/h1-7,10,15,19H,8-9,11-14H2. The molecule has 2 aromatic rings. The first-order valence-corrected chi connectivity index (χ1v) is 8.74. The largest absolute Gasteiger partial charge is 0.332 e. The third-order valence-corrected chi connectivity index (χ3v) is 4.76. The summed E-state index contributed by atoms with van der Waals surface area (Å²) in [6.07, 6.45) is 2.62. The summed E-state index contributed by atoms with van der Waals surface area (Å²) in [6.45, 7) is 2.78. The molecule has 0 spiro atoms. The number of carbonyl (C=O) groups is 1. The van der Waals surface area contributed by atoms with Crippen LogP contribution in [0.3, 0.4) is 0 Å². The fourth-order valence-electron chi connectivity index (χ4n) is 2.44. The Morgan fingerprint density at radius 3 is 2.64 bits per heavy atom. The van der Waals surface area contributed by atoms with Crippen molar-refractivity contribution < 1.29 is 4.79 Å². The van der Waals surface area contributed by atoms with Gasteiger partial charge < -0.3 is 10.2 Å². The van der Waals surface area contributed by atoms with E-state index in [2.05, 4.69) is 28.9 Å². The van der Waals surface area contributed by atoms with Crippen LogP contribution < -0.4 is 5.32 Å². The van der Waals surface area contributed by atoms with Gasteiger partial charge in [-0.25, -0.2) is 0 Å². The molecule has 0 unspecified atom stereocenters. The van der Waals surface area contributed by atoms with Gasteiger partial charge in [0.25, 0.3) is 0 Å². The van der Waals surface area contributed by atoms with E-state index in [4.69, 9.17) is 0 Å². The van der Waals surface area contributed by atoms with Gasteiger partial charge in [0.1, 0.15) is 0 Å². The quantitative estimate of drug-likeness (QED) is 0.811. The molecule has 0 radical (unpaired) electrons. The van der Waals surface area contributed by atoms with Crippen LogP contribution in [0.4, 0.5) is 0 Å². The maximum absolute atomic E-state index is 12.5. The predicted octanol–water partition coefficient (Wildman–Crippen LogP) is 3.28. The van der Waals surface area contributed by atoms with Crippen LogP contribution in [0, 0.1) is 5.92 Å². The molecule has 1 aliphatic rings. The maximum atomic E-state index is 12.5. The second-order valence-electron chi connectivity index (χ2n) is 5.89. The molecule has 3 nitrogen and oxygen atoms in total. The fraction of sp³-hybridized carbons (Fsp3) is 0.389. The number of rotatable bonds is 8. The number of amides is 1. The first kappa shape index (κ1) is 15.3. The third-order valence-electron chi connectivity index (χ3n) is 3.90.